The second-order valence-electron chi connectivity index (χ2n) is 6.66. The summed E-state index contributed by atoms with van der Waals surface area (Å²) in [6, 6.07) is 23.0. The topological polar surface area (TPSA) is 57.7 Å². The maximum Gasteiger partial charge on any atom is 0.243 e. The number of rotatable bonds is 3. The van der Waals surface area contributed by atoms with Crippen LogP contribution in [0.2, 0.25) is 5.02 Å². The Morgan fingerprint density at radius 3 is 2.17 bits per heavy atom. The Balaban J connectivity index is 1.81. The molecule has 3 aromatic rings. The van der Waals surface area contributed by atoms with Crippen molar-refractivity contribution in [3.8, 4) is 0 Å². The molecule has 6 heteroatoms. The molecular weight excluding hydrogens is 388 g/mol. The first-order valence-electron chi connectivity index (χ1n) is 9.12. The molecule has 0 saturated heterocycles. The number of benzene rings is 3. The number of amides is 3. The van der Waals surface area contributed by atoms with E-state index in [1.54, 1.807) is 42.5 Å². The zero-order valence-electron chi connectivity index (χ0n) is 15.4. The molecule has 0 atom stereocenters. The lowest BCUT2D eigenvalue weighted by Crippen LogP contribution is -2.38. The molecule has 1 aliphatic rings. The minimum atomic E-state index is -0.557. The van der Waals surface area contributed by atoms with Gasteiger partial charge in [0.1, 0.15) is 6.42 Å². The molecule has 0 aliphatic carbocycles. The van der Waals surface area contributed by atoms with Crippen LogP contribution in [0.25, 0.3) is 0 Å². The van der Waals surface area contributed by atoms with Crippen LogP contribution in [0.3, 0.4) is 0 Å². The molecule has 1 aliphatic heterocycles. The Labute approximate surface area is 173 Å². The van der Waals surface area contributed by atoms with Crippen LogP contribution < -0.4 is 9.80 Å². The normalized spacial score (nSPS) is 13.8. The Morgan fingerprint density at radius 1 is 0.828 bits per heavy atom. The monoisotopic (exact) mass is 404 g/mol. The standard InChI is InChI=1S/C23H17ClN2O3/c24-17-11-12-19-20(14-17)25(18-9-5-2-6-10-18)22(28)15-23(29)26(19)21(27)13-16-7-3-1-4-8-16/h1-12,14H,13,15H2. The molecule has 4 rings (SSSR count). The number of hydrogen-bond donors (Lipinski definition) is 0. The van der Waals surface area contributed by atoms with E-state index in [-0.39, 0.29) is 6.42 Å². The highest BCUT2D eigenvalue weighted by Crippen LogP contribution is 2.39. The molecule has 1 heterocycles. The molecular formula is C23H17ClN2O3. The number of hydrogen-bond acceptors (Lipinski definition) is 3. The van der Waals surface area contributed by atoms with Crippen LogP contribution in [-0.2, 0) is 20.8 Å². The minimum absolute atomic E-state index is 0.0498. The first-order valence-corrected chi connectivity index (χ1v) is 9.49. The van der Waals surface area contributed by atoms with Crippen molar-refractivity contribution in [2.45, 2.75) is 12.8 Å². The van der Waals surface area contributed by atoms with E-state index in [4.69, 9.17) is 11.6 Å². The maximum atomic E-state index is 13.1. The molecule has 0 N–H and O–H groups in total. The summed E-state index contributed by atoms with van der Waals surface area (Å²) in [5.41, 5.74) is 2.14. The first kappa shape index (κ1) is 18.9. The van der Waals surface area contributed by atoms with Crippen molar-refractivity contribution in [3.63, 3.8) is 0 Å². The van der Waals surface area contributed by atoms with E-state index in [0.29, 0.717) is 22.1 Å². The zero-order chi connectivity index (χ0) is 20.4. The third-order valence-electron chi connectivity index (χ3n) is 4.68. The number of fused-ring (bicyclic) bond motifs is 1. The van der Waals surface area contributed by atoms with Crippen molar-refractivity contribution >= 4 is 46.4 Å². The fraction of sp³-hybridized carbons (Fsp3) is 0.0870. The van der Waals surface area contributed by atoms with Gasteiger partial charge in [-0.25, -0.2) is 4.90 Å². The Kier molecular flexibility index (Phi) is 5.14. The van der Waals surface area contributed by atoms with Gasteiger partial charge in [-0.2, -0.15) is 0 Å². The van der Waals surface area contributed by atoms with Crippen molar-refractivity contribution in [2.24, 2.45) is 0 Å². The molecule has 0 bridgehead atoms. The number of halogens is 1. The van der Waals surface area contributed by atoms with Crippen LogP contribution in [0.5, 0.6) is 0 Å². The lowest BCUT2D eigenvalue weighted by atomic mass is 10.1. The number of carbonyl (C=O) groups excluding carboxylic acids is 3. The molecule has 29 heavy (non-hydrogen) atoms. The fourth-order valence-corrected chi connectivity index (χ4v) is 3.57. The molecule has 144 valence electrons. The average Bonchev–Trinajstić information content (AvgIpc) is 2.81. The summed E-state index contributed by atoms with van der Waals surface area (Å²) in [6.07, 6.45) is -0.365. The molecule has 0 saturated carbocycles. The average molecular weight is 405 g/mol. The number of nitrogens with zero attached hydrogens (tertiary/aromatic N) is 2. The van der Waals surface area contributed by atoms with Crippen LogP contribution in [-0.4, -0.2) is 17.7 Å². The summed E-state index contributed by atoms with van der Waals surface area (Å²) >= 11 is 6.20. The van der Waals surface area contributed by atoms with Gasteiger partial charge in [-0.3, -0.25) is 19.3 Å². The lowest BCUT2D eigenvalue weighted by Gasteiger charge is -2.25. The summed E-state index contributed by atoms with van der Waals surface area (Å²) in [6.45, 7) is 0. The summed E-state index contributed by atoms with van der Waals surface area (Å²) in [5.74, 6) is -1.37. The van der Waals surface area contributed by atoms with Crippen molar-refractivity contribution in [1.82, 2.24) is 0 Å². The van der Waals surface area contributed by atoms with E-state index in [2.05, 4.69) is 0 Å². The quantitative estimate of drug-likeness (QED) is 0.603. The molecule has 0 unspecified atom stereocenters. The van der Waals surface area contributed by atoms with Crippen molar-refractivity contribution in [3.05, 3.63) is 89.4 Å². The summed E-state index contributed by atoms with van der Waals surface area (Å²) in [7, 11) is 0. The predicted molar refractivity (Wildman–Crippen MR) is 112 cm³/mol. The third-order valence-corrected chi connectivity index (χ3v) is 4.92. The SMILES string of the molecule is O=C1CC(=O)N(c2ccccc2)c2cc(Cl)ccc2N1C(=O)Cc1ccccc1. The van der Waals surface area contributed by atoms with Gasteiger partial charge in [0, 0.05) is 10.7 Å². The van der Waals surface area contributed by atoms with Gasteiger partial charge < -0.3 is 0 Å². The third kappa shape index (κ3) is 3.77. The van der Waals surface area contributed by atoms with E-state index in [0.717, 1.165) is 10.5 Å². The highest BCUT2D eigenvalue weighted by atomic mass is 35.5. The number of anilines is 3. The lowest BCUT2D eigenvalue weighted by molar-refractivity contribution is -0.128. The summed E-state index contributed by atoms with van der Waals surface area (Å²) in [5, 5.41) is 0.405. The van der Waals surface area contributed by atoms with Crippen molar-refractivity contribution in [2.75, 3.05) is 9.80 Å². The smallest absolute Gasteiger partial charge is 0.243 e. The number of imide groups is 1. The Bertz CT molecular complexity index is 1080. The van der Waals surface area contributed by atoms with E-state index >= 15 is 0 Å². The fourth-order valence-electron chi connectivity index (χ4n) is 3.40. The second-order valence-corrected chi connectivity index (χ2v) is 7.10. The van der Waals surface area contributed by atoms with Gasteiger partial charge in [0.15, 0.2) is 0 Å². The van der Waals surface area contributed by atoms with Crippen LogP contribution in [0, 0.1) is 0 Å². The van der Waals surface area contributed by atoms with Gasteiger partial charge in [-0.05, 0) is 35.9 Å². The minimum Gasteiger partial charge on any atom is -0.278 e. The largest absolute Gasteiger partial charge is 0.278 e. The molecule has 0 spiro atoms. The van der Waals surface area contributed by atoms with Crippen molar-refractivity contribution < 1.29 is 14.4 Å². The van der Waals surface area contributed by atoms with E-state index < -0.39 is 24.1 Å². The number of para-hydroxylation sites is 1. The molecule has 0 aromatic heterocycles. The summed E-state index contributed by atoms with van der Waals surface area (Å²) in [4.78, 5) is 41.5. The van der Waals surface area contributed by atoms with Gasteiger partial charge in [-0.1, -0.05) is 60.1 Å². The second kappa shape index (κ2) is 7.89. The highest BCUT2D eigenvalue weighted by Gasteiger charge is 2.35. The molecule has 5 nitrogen and oxygen atoms in total. The van der Waals surface area contributed by atoms with Gasteiger partial charge in [-0.15, -0.1) is 0 Å². The number of carbonyl (C=O) groups is 3. The van der Waals surface area contributed by atoms with E-state index in [1.165, 1.54) is 4.90 Å². The van der Waals surface area contributed by atoms with Gasteiger partial charge in [0.25, 0.3) is 0 Å². The van der Waals surface area contributed by atoms with E-state index in [1.807, 2.05) is 36.4 Å². The Hall–Kier alpha value is -3.44. The molecule has 0 radical (unpaired) electrons. The zero-order valence-corrected chi connectivity index (χ0v) is 16.2. The maximum absolute atomic E-state index is 13.1. The van der Waals surface area contributed by atoms with Crippen molar-refractivity contribution in [1.29, 1.82) is 0 Å². The molecule has 0 fully saturated rings. The Morgan fingerprint density at radius 2 is 1.48 bits per heavy atom. The van der Waals surface area contributed by atoms with E-state index in [9.17, 15) is 14.4 Å². The van der Waals surface area contributed by atoms with Crippen LogP contribution in [0.15, 0.2) is 78.9 Å². The van der Waals surface area contributed by atoms with Gasteiger partial charge >= 0.3 is 0 Å². The van der Waals surface area contributed by atoms with Crippen LogP contribution in [0.1, 0.15) is 12.0 Å². The highest BCUT2D eigenvalue weighted by molar-refractivity contribution is 6.32. The molecule has 3 aromatic carbocycles. The molecule has 3 amide bonds. The van der Waals surface area contributed by atoms with Crippen LogP contribution in [0.4, 0.5) is 17.1 Å². The van der Waals surface area contributed by atoms with Gasteiger partial charge in [0.2, 0.25) is 17.7 Å². The summed E-state index contributed by atoms with van der Waals surface area (Å²) < 4.78 is 0. The predicted octanol–water partition coefficient (Wildman–Crippen LogP) is 4.51. The first-order chi connectivity index (χ1) is 14.0. The van der Waals surface area contributed by atoms with Gasteiger partial charge in [0.05, 0.1) is 17.8 Å². The van der Waals surface area contributed by atoms with Crippen LogP contribution >= 0.6 is 11.6 Å².